The average Bonchev–Trinajstić information content (AvgIpc) is 2.71. The second kappa shape index (κ2) is 7.83. The van der Waals surface area contributed by atoms with E-state index in [-0.39, 0.29) is 17.4 Å². The Labute approximate surface area is 181 Å². The molecular weight excluding hydrogens is 368 g/mol. The molecular formula is C27H35N2O. The molecule has 0 aromatic heterocycles. The van der Waals surface area contributed by atoms with Crippen molar-refractivity contribution < 1.29 is 4.79 Å². The summed E-state index contributed by atoms with van der Waals surface area (Å²) in [6.45, 7) is 11.1. The van der Waals surface area contributed by atoms with Gasteiger partial charge in [0.25, 0.3) is 0 Å². The van der Waals surface area contributed by atoms with Crippen molar-refractivity contribution in [3.8, 4) is 0 Å². The monoisotopic (exact) mass is 403 g/mol. The molecule has 0 amide bonds. The highest BCUT2D eigenvalue weighted by molar-refractivity contribution is 6.01. The summed E-state index contributed by atoms with van der Waals surface area (Å²) in [5.41, 5.74) is 3.97. The molecule has 0 saturated heterocycles. The molecule has 1 N–H and O–H groups in total. The van der Waals surface area contributed by atoms with E-state index in [1.54, 1.807) is 0 Å². The number of Topliss-reactive ketones (excluding diaryl/α,β-unsaturated/α-hetero) is 1. The first kappa shape index (κ1) is 21.1. The van der Waals surface area contributed by atoms with Crippen molar-refractivity contribution >= 4 is 12.0 Å². The minimum Gasteiger partial charge on any atom is -0.363 e. The molecule has 2 aliphatic heterocycles. The second-order valence-electron chi connectivity index (χ2n) is 10.1. The molecule has 0 fully saturated rings. The van der Waals surface area contributed by atoms with Crippen LogP contribution in [0.2, 0.25) is 0 Å². The van der Waals surface area contributed by atoms with Crippen LogP contribution < -0.4 is 5.32 Å². The number of benzene rings is 1. The van der Waals surface area contributed by atoms with Crippen molar-refractivity contribution in [1.82, 2.24) is 5.32 Å². The summed E-state index contributed by atoms with van der Waals surface area (Å²) < 4.78 is 0. The van der Waals surface area contributed by atoms with Crippen LogP contribution >= 0.6 is 0 Å². The second-order valence-corrected chi connectivity index (χ2v) is 10.1. The van der Waals surface area contributed by atoms with Gasteiger partial charge in [-0.05, 0) is 42.2 Å². The number of dihydropyridines is 1. The SMILES string of the molecule is CCCC(CC)[C]1C=NC2NC3=C(C(=O)CC(C)(C)C3)[C@@](C)(c3ccccc3)C2=C1. The van der Waals surface area contributed by atoms with Gasteiger partial charge in [-0.3, -0.25) is 9.79 Å². The molecule has 1 aromatic rings. The smallest absolute Gasteiger partial charge is 0.162 e. The lowest BCUT2D eigenvalue weighted by Gasteiger charge is -2.49. The lowest BCUT2D eigenvalue weighted by Crippen LogP contribution is -2.52. The highest BCUT2D eigenvalue weighted by Gasteiger charge is 2.50. The van der Waals surface area contributed by atoms with Crippen LogP contribution in [0, 0.1) is 17.3 Å². The van der Waals surface area contributed by atoms with Gasteiger partial charge in [-0.15, -0.1) is 0 Å². The normalized spacial score (nSPS) is 29.0. The molecule has 3 atom stereocenters. The van der Waals surface area contributed by atoms with Gasteiger partial charge in [0.1, 0.15) is 6.17 Å². The number of nitrogens with zero attached hydrogens (tertiary/aromatic N) is 1. The molecule has 0 spiro atoms. The molecule has 2 unspecified atom stereocenters. The molecule has 2 heterocycles. The fourth-order valence-electron chi connectivity index (χ4n) is 5.66. The number of ketones is 1. The molecule has 30 heavy (non-hydrogen) atoms. The maximum Gasteiger partial charge on any atom is 0.162 e. The molecule has 1 aromatic carbocycles. The maximum atomic E-state index is 13.5. The van der Waals surface area contributed by atoms with Gasteiger partial charge in [-0.25, -0.2) is 0 Å². The minimum absolute atomic E-state index is 0.0220. The van der Waals surface area contributed by atoms with Gasteiger partial charge >= 0.3 is 0 Å². The summed E-state index contributed by atoms with van der Waals surface area (Å²) in [6.07, 6.45) is 9.28. The lowest BCUT2D eigenvalue weighted by molar-refractivity contribution is -0.118. The average molecular weight is 404 g/mol. The fraction of sp³-hybridized carbons (Fsp3) is 0.519. The van der Waals surface area contributed by atoms with Crippen molar-refractivity contribution in [3.63, 3.8) is 0 Å². The molecule has 3 heteroatoms. The van der Waals surface area contributed by atoms with Gasteiger partial charge in [0.15, 0.2) is 5.78 Å². The van der Waals surface area contributed by atoms with E-state index >= 15 is 0 Å². The van der Waals surface area contributed by atoms with Gasteiger partial charge < -0.3 is 5.32 Å². The van der Waals surface area contributed by atoms with Crippen LogP contribution in [0.25, 0.3) is 0 Å². The van der Waals surface area contributed by atoms with E-state index in [1.165, 1.54) is 29.9 Å². The van der Waals surface area contributed by atoms with E-state index in [1.807, 2.05) is 6.07 Å². The van der Waals surface area contributed by atoms with Crippen molar-refractivity contribution in [2.45, 2.75) is 78.3 Å². The number of rotatable bonds is 5. The molecule has 0 bridgehead atoms. The van der Waals surface area contributed by atoms with Gasteiger partial charge in [-0.2, -0.15) is 0 Å². The van der Waals surface area contributed by atoms with Crippen LogP contribution in [0.3, 0.4) is 0 Å². The Balaban J connectivity index is 1.88. The Kier molecular flexibility index (Phi) is 5.50. The molecule has 159 valence electrons. The quantitative estimate of drug-likeness (QED) is 0.662. The topological polar surface area (TPSA) is 41.5 Å². The first-order valence-electron chi connectivity index (χ1n) is 11.5. The molecule has 3 aliphatic rings. The largest absolute Gasteiger partial charge is 0.363 e. The van der Waals surface area contributed by atoms with Crippen LogP contribution in [-0.4, -0.2) is 18.2 Å². The van der Waals surface area contributed by atoms with Crippen molar-refractivity contribution in [2.24, 2.45) is 16.3 Å². The summed E-state index contributed by atoms with van der Waals surface area (Å²) in [6, 6.07) is 10.5. The summed E-state index contributed by atoms with van der Waals surface area (Å²) in [5, 5.41) is 3.66. The maximum absolute atomic E-state index is 13.5. The zero-order chi connectivity index (χ0) is 21.5. The molecule has 4 rings (SSSR count). The zero-order valence-electron chi connectivity index (χ0n) is 19.1. The number of allylic oxidation sites excluding steroid dienone is 3. The van der Waals surface area contributed by atoms with Crippen molar-refractivity contribution in [2.75, 3.05) is 0 Å². The van der Waals surface area contributed by atoms with Crippen LogP contribution in [0.1, 0.15) is 72.3 Å². The summed E-state index contributed by atoms with van der Waals surface area (Å²) >= 11 is 0. The van der Waals surface area contributed by atoms with E-state index in [2.05, 4.69) is 76.5 Å². The highest BCUT2D eigenvalue weighted by Crippen LogP contribution is 2.52. The minimum atomic E-state index is -0.451. The van der Waals surface area contributed by atoms with Crippen molar-refractivity contribution in [3.05, 3.63) is 64.7 Å². The van der Waals surface area contributed by atoms with E-state index in [0.29, 0.717) is 12.3 Å². The number of hydrogen-bond donors (Lipinski definition) is 1. The summed E-state index contributed by atoms with van der Waals surface area (Å²) in [5.74, 6) is 2.10. The van der Waals surface area contributed by atoms with Crippen LogP contribution in [0.5, 0.6) is 0 Å². The molecule has 3 nitrogen and oxygen atoms in total. The third kappa shape index (κ3) is 3.46. The van der Waals surface area contributed by atoms with Crippen LogP contribution in [0.15, 0.2) is 58.2 Å². The number of hydrogen-bond acceptors (Lipinski definition) is 3. The van der Waals surface area contributed by atoms with Crippen molar-refractivity contribution in [1.29, 1.82) is 0 Å². The van der Waals surface area contributed by atoms with Gasteiger partial charge in [0.05, 0.1) is 0 Å². The van der Waals surface area contributed by atoms with E-state index < -0.39 is 5.41 Å². The lowest BCUT2D eigenvalue weighted by atomic mass is 9.59. The Bertz CT molecular complexity index is 908. The van der Waals surface area contributed by atoms with E-state index in [0.717, 1.165) is 24.1 Å². The number of carbonyl (C=O) groups is 1. The Morgan fingerprint density at radius 1 is 1.13 bits per heavy atom. The molecule has 0 saturated carbocycles. The number of fused-ring (bicyclic) bond motifs is 1. The first-order chi connectivity index (χ1) is 14.3. The summed E-state index contributed by atoms with van der Waals surface area (Å²) in [4.78, 5) is 18.5. The number of aliphatic imine (C=N–C) groups is 1. The fourth-order valence-corrected chi connectivity index (χ4v) is 5.66. The Morgan fingerprint density at radius 2 is 1.87 bits per heavy atom. The van der Waals surface area contributed by atoms with Crippen LogP contribution in [-0.2, 0) is 10.2 Å². The predicted molar refractivity (Wildman–Crippen MR) is 124 cm³/mol. The van der Waals surface area contributed by atoms with E-state index in [4.69, 9.17) is 4.99 Å². The highest BCUT2D eigenvalue weighted by atomic mass is 16.1. The molecule has 1 radical (unpaired) electrons. The van der Waals surface area contributed by atoms with Crippen LogP contribution in [0.4, 0.5) is 0 Å². The van der Waals surface area contributed by atoms with E-state index in [9.17, 15) is 4.79 Å². The molecule has 1 aliphatic carbocycles. The van der Waals surface area contributed by atoms with Gasteiger partial charge in [0, 0.05) is 35.2 Å². The third-order valence-corrected chi connectivity index (χ3v) is 7.21. The Hall–Kier alpha value is -2.16. The van der Waals surface area contributed by atoms with Gasteiger partial charge in [-0.1, -0.05) is 76.9 Å². The zero-order valence-corrected chi connectivity index (χ0v) is 19.1. The standard InChI is InChI=1S/C27H35N2O/c1-6-11-18(7-2)19-14-21-25(28-17-19)29-22-15-26(3,4)16-23(30)24(22)27(21,5)20-12-9-8-10-13-20/h8-10,12-14,17-18,25,29H,6-7,11,15-16H2,1-5H3/t18?,25?,27-/m0/s1. The Morgan fingerprint density at radius 3 is 2.53 bits per heavy atom. The van der Waals surface area contributed by atoms with Gasteiger partial charge in [0.2, 0.25) is 0 Å². The number of carbonyl (C=O) groups excluding carboxylic acids is 1. The third-order valence-electron chi connectivity index (χ3n) is 7.21. The first-order valence-corrected chi connectivity index (χ1v) is 11.5. The number of nitrogens with one attached hydrogen (secondary N) is 1. The summed E-state index contributed by atoms with van der Waals surface area (Å²) in [7, 11) is 0. The predicted octanol–water partition coefficient (Wildman–Crippen LogP) is 5.93.